The third-order valence-electron chi connectivity index (χ3n) is 4.73. The van der Waals surface area contributed by atoms with Crippen molar-refractivity contribution in [1.29, 1.82) is 0 Å². The first-order valence-electron chi connectivity index (χ1n) is 8.93. The second-order valence-electron chi connectivity index (χ2n) is 6.18. The lowest BCUT2D eigenvalue weighted by Gasteiger charge is -2.27. The van der Waals surface area contributed by atoms with E-state index in [0.717, 1.165) is 25.8 Å². The topological polar surface area (TPSA) is 77.1 Å². The van der Waals surface area contributed by atoms with Gasteiger partial charge in [0.15, 0.2) is 11.5 Å². The van der Waals surface area contributed by atoms with Crippen molar-refractivity contribution in [2.24, 2.45) is 0 Å². The molecule has 1 aliphatic rings. The smallest absolute Gasteiger partial charge is 0.255 e. The zero-order valence-corrected chi connectivity index (χ0v) is 16.0. The lowest BCUT2D eigenvalue weighted by atomic mass is 10.1. The molecule has 0 saturated carbocycles. The molecule has 1 aromatic carbocycles. The molecule has 1 heterocycles. The van der Waals surface area contributed by atoms with Crippen molar-refractivity contribution in [2.45, 2.75) is 38.6 Å². The van der Waals surface area contributed by atoms with Crippen molar-refractivity contribution in [1.82, 2.24) is 10.2 Å². The minimum Gasteiger partial charge on any atom is -0.493 e. The van der Waals surface area contributed by atoms with E-state index in [0.29, 0.717) is 35.8 Å². The lowest BCUT2D eigenvalue weighted by molar-refractivity contribution is -0.129. The van der Waals surface area contributed by atoms with E-state index in [2.05, 4.69) is 12.2 Å². The van der Waals surface area contributed by atoms with Gasteiger partial charge in [-0.15, -0.1) is 0 Å². The Morgan fingerprint density at radius 2 is 1.92 bits per heavy atom. The summed E-state index contributed by atoms with van der Waals surface area (Å²) < 4.78 is 15.9. The number of likely N-dealkylation sites (tertiary alicyclic amines) is 1. The van der Waals surface area contributed by atoms with Crippen LogP contribution < -0.4 is 19.5 Å². The van der Waals surface area contributed by atoms with Crippen molar-refractivity contribution in [3.63, 3.8) is 0 Å². The van der Waals surface area contributed by atoms with Crippen LogP contribution in [-0.4, -0.2) is 57.2 Å². The van der Waals surface area contributed by atoms with Crippen molar-refractivity contribution < 1.29 is 23.8 Å². The quantitative estimate of drug-likeness (QED) is 0.727. The number of rotatable bonds is 9. The molecule has 0 unspecified atom stereocenters. The van der Waals surface area contributed by atoms with Gasteiger partial charge in [-0.25, -0.2) is 0 Å². The maximum atomic E-state index is 12.6. The molecule has 1 atom stereocenters. The van der Waals surface area contributed by atoms with Crippen molar-refractivity contribution in [2.75, 3.05) is 34.4 Å². The molecule has 1 N–H and O–H groups in total. The Kier molecular flexibility index (Phi) is 7.12. The maximum Gasteiger partial charge on any atom is 0.255 e. The second kappa shape index (κ2) is 9.31. The number of amides is 2. The number of hydrogen-bond donors (Lipinski definition) is 1. The number of hydrogen-bond acceptors (Lipinski definition) is 5. The highest BCUT2D eigenvalue weighted by Gasteiger charge is 2.27. The second-order valence-corrected chi connectivity index (χ2v) is 6.18. The average molecular weight is 364 g/mol. The molecule has 1 aromatic rings. The lowest BCUT2D eigenvalue weighted by Crippen LogP contribution is -2.38. The van der Waals surface area contributed by atoms with Crippen LogP contribution in [0.3, 0.4) is 0 Å². The van der Waals surface area contributed by atoms with Gasteiger partial charge in [-0.1, -0.05) is 6.92 Å². The van der Waals surface area contributed by atoms with Gasteiger partial charge in [-0.2, -0.15) is 0 Å². The zero-order valence-electron chi connectivity index (χ0n) is 16.0. The first-order valence-corrected chi connectivity index (χ1v) is 8.93. The first-order chi connectivity index (χ1) is 12.6. The van der Waals surface area contributed by atoms with Crippen LogP contribution in [0.5, 0.6) is 17.2 Å². The summed E-state index contributed by atoms with van der Waals surface area (Å²) in [4.78, 5) is 26.4. The summed E-state index contributed by atoms with van der Waals surface area (Å²) in [5, 5.41) is 2.91. The van der Waals surface area contributed by atoms with E-state index in [-0.39, 0.29) is 17.9 Å². The van der Waals surface area contributed by atoms with Gasteiger partial charge in [-0.05, 0) is 31.4 Å². The highest BCUT2D eigenvalue weighted by atomic mass is 16.5. The van der Waals surface area contributed by atoms with Crippen LogP contribution in [0, 0.1) is 0 Å². The first kappa shape index (κ1) is 19.9. The molecule has 26 heavy (non-hydrogen) atoms. The van der Waals surface area contributed by atoms with E-state index in [1.807, 2.05) is 4.90 Å². The van der Waals surface area contributed by atoms with Crippen LogP contribution >= 0.6 is 0 Å². The number of benzene rings is 1. The molecule has 1 fully saturated rings. The van der Waals surface area contributed by atoms with Crippen molar-refractivity contribution in [3.05, 3.63) is 17.7 Å². The third kappa shape index (κ3) is 4.20. The fraction of sp³-hybridized carbons (Fsp3) is 0.579. The van der Waals surface area contributed by atoms with Gasteiger partial charge in [0.1, 0.15) is 0 Å². The SMILES string of the molecule is CC[C@@H](CCNC(=O)c1ccc(OC)c(OC)c1OC)N1CCCC1=O. The number of carbonyl (C=O) groups is 2. The summed E-state index contributed by atoms with van der Waals surface area (Å²) in [5.74, 6) is 1.19. The Morgan fingerprint density at radius 3 is 2.46 bits per heavy atom. The Hall–Kier alpha value is -2.44. The fourth-order valence-corrected chi connectivity index (χ4v) is 3.36. The summed E-state index contributed by atoms with van der Waals surface area (Å²) in [6.07, 6.45) is 3.15. The van der Waals surface area contributed by atoms with E-state index in [4.69, 9.17) is 14.2 Å². The summed E-state index contributed by atoms with van der Waals surface area (Å²) in [5.41, 5.74) is 0.385. The molecular weight excluding hydrogens is 336 g/mol. The molecule has 0 aromatic heterocycles. The molecular formula is C19H28N2O5. The number of ether oxygens (including phenoxy) is 3. The normalized spacial score (nSPS) is 14.9. The van der Waals surface area contributed by atoms with Crippen LogP contribution in [0.2, 0.25) is 0 Å². The molecule has 0 spiro atoms. The summed E-state index contributed by atoms with van der Waals surface area (Å²) in [6.45, 7) is 3.36. The Bertz CT molecular complexity index is 647. The Labute approximate surface area is 154 Å². The standard InChI is InChI=1S/C19H28N2O5/c1-5-13(21-12-6-7-16(21)22)10-11-20-19(23)14-8-9-15(24-2)18(26-4)17(14)25-3/h8-9,13H,5-7,10-12H2,1-4H3,(H,20,23)/t13-/m0/s1. The Morgan fingerprint density at radius 1 is 1.19 bits per heavy atom. The van der Waals surface area contributed by atoms with E-state index in [9.17, 15) is 9.59 Å². The maximum absolute atomic E-state index is 12.6. The average Bonchev–Trinajstić information content (AvgIpc) is 3.09. The van der Waals surface area contributed by atoms with E-state index in [1.54, 1.807) is 12.1 Å². The molecule has 0 bridgehead atoms. The largest absolute Gasteiger partial charge is 0.493 e. The minimum atomic E-state index is -0.245. The summed E-state index contributed by atoms with van der Waals surface area (Å²) >= 11 is 0. The monoisotopic (exact) mass is 364 g/mol. The van der Waals surface area contributed by atoms with Gasteiger partial charge in [-0.3, -0.25) is 9.59 Å². The molecule has 1 saturated heterocycles. The van der Waals surface area contributed by atoms with Crippen LogP contribution in [0.25, 0.3) is 0 Å². The summed E-state index contributed by atoms with van der Waals surface area (Å²) in [6, 6.07) is 3.49. The molecule has 144 valence electrons. The highest BCUT2D eigenvalue weighted by molar-refractivity contribution is 5.98. The van der Waals surface area contributed by atoms with E-state index < -0.39 is 0 Å². The molecule has 2 rings (SSSR count). The summed E-state index contributed by atoms with van der Waals surface area (Å²) in [7, 11) is 4.52. The van der Waals surface area contributed by atoms with Gasteiger partial charge in [0, 0.05) is 25.6 Å². The molecule has 0 radical (unpaired) electrons. The van der Waals surface area contributed by atoms with Crippen LogP contribution in [-0.2, 0) is 4.79 Å². The highest BCUT2D eigenvalue weighted by Crippen LogP contribution is 2.39. The third-order valence-corrected chi connectivity index (χ3v) is 4.73. The van der Waals surface area contributed by atoms with Crippen LogP contribution in [0.4, 0.5) is 0 Å². The van der Waals surface area contributed by atoms with Crippen molar-refractivity contribution in [3.8, 4) is 17.2 Å². The van der Waals surface area contributed by atoms with E-state index in [1.165, 1.54) is 21.3 Å². The predicted octanol–water partition coefficient (Wildman–Crippen LogP) is 2.23. The molecule has 1 aliphatic heterocycles. The molecule has 7 nitrogen and oxygen atoms in total. The van der Waals surface area contributed by atoms with Gasteiger partial charge in [0.25, 0.3) is 5.91 Å². The fourth-order valence-electron chi connectivity index (χ4n) is 3.36. The van der Waals surface area contributed by atoms with Gasteiger partial charge in [0.05, 0.1) is 26.9 Å². The number of methoxy groups -OCH3 is 3. The van der Waals surface area contributed by atoms with Crippen LogP contribution in [0.15, 0.2) is 12.1 Å². The van der Waals surface area contributed by atoms with Crippen LogP contribution in [0.1, 0.15) is 43.0 Å². The van der Waals surface area contributed by atoms with E-state index >= 15 is 0 Å². The van der Waals surface area contributed by atoms with Gasteiger partial charge >= 0.3 is 0 Å². The van der Waals surface area contributed by atoms with Gasteiger partial charge < -0.3 is 24.4 Å². The Balaban J connectivity index is 2.02. The zero-order chi connectivity index (χ0) is 19.1. The number of nitrogens with one attached hydrogen (secondary N) is 1. The molecule has 2 amide bonds. The predicted molar refractivity (Wildman–Crippen MR) is 98.1 cm³/mol. The van der Waals surface area contributed by atoms with Gasteiger partial charge in [0.2, 0.25) is 11.7 Å². The number of carbonyl (C=O) groups excluding carboxylic acids is 2. The molecule has 7 heteroatoms. The molecule has 0 aliphatic carbocycles. The number of nitrogens with zero attached hydrogens (tertiary/aromatic N) is 1. The minimum absolute atomic E-state index is 0.164. The van der Waals surface area contributed by atoms with Crippen molar-refractivity contribution >= 4 is 11.8 Å².